The Morgan fingerprint density at radius 3 is 2.00 bits per heavy atom. The molecule has 0 rings (SSSR count). The monoisotopic (exact) mass is 201 g/mol. The summed E-state index contributed by atoms with van der Waals surface area (Å²) in [6, 6.07) is 0. The second-order valence-corrected chi connectivity index (χ2v) is 4.31. The second-order valence-electron chi connectivity index (χ2n) is 4.31. The van der Waals surface area contributed by atoms with Crippen molar-refractivity contribution < 1.29 is 4.92 Å². The van der Waals surface area contributed by atoms with Crippen LogP contribution in [0.5, 0.6) is 0 Å². The third-order valence-electron chi connectivity index (χ3n) is 2.83. The Balaban J connectivity index is 4.03. The van der Waals surface area contributed by atoms with Crippen LogP contribution >= 0.6 is 0 Å². The number of nitro groups is 1. The Kier molecular flexibility index (Phi) is 6.50. The Labute approximate surface area is 87.0 Å². The van der Waals surface area contributed by atoms with Crippen molar-refractivity contribution in [1.82, 2.24) is 0 Å². The predicted octanol–water partition coefficient (Wildman–Crippen LogP) is 3.79. The fourth-order valence-corrected chi connectivity index (χ4v) is 1.62. The van der Waals surface area contributed by atoms with Gasteiger partial charge in [-0.1, -0.05) is 33.1 Å². The lowest BCUT2D eigenvalue weighted by molar-refractivity contribution is -0.568. The zero-order valence-electron chi connectivity index (χ0n) is 9.71. The summed E-state index contributed by atoms with van der Waals surface area (Å²) in [5, 5.41) is 10.9. The van der Waals surface area contributed by atoms with E-state index in [1.165, 1.54) is 0 Å². The molecule has 0 bridgehead atoms. The molecule has 84 valence electrons. The highest BCUT2D eigenvalue weighted by Gasteiger charge is 2.35. The molecule has 0 aromatic rings. The lowest BCUT2D eigenvalue weighted by Gasteiger charge is -2.20. The summed E-state index contributed by atoms with van der Waals surface area (Å²) >= 11 is 0. The van der Waals surface area contributed by atoms with Crippen molar-refractivity contribution in [2.45, 2.75) is 71.3 Å². The van der Waals surface area contributed by atoms with E-state index >= 15 is 0 Å². The van der Waals surface area contributed by atoms with Crippen LogP contribution in [-0.4, -0.2) is 10.5 Å². The van der Waals surface area contributed by atoms with Crippen LogP contribution in [0, 0.1) is 10.1 Å². The highest BCUT2D eigenvalue weighted by atomic mass is 16.6. The first kappa shape index (κ1) is 13.4. The molecule has 0 amide bonds. The van der Waals surface area contributed by atoms with Crippen LogP contribution in [0.4, 0.5) is 0 Å². The van der Waals surface area contributed by atoms with Crippen LogP contribution < -0.4 is 0 Å². The number of rotatable bonds is 8. The molecule has 0 heterocycles. The summed E-state index contributed by atoms with van der Waals surface area (Å²) in [5.41, 5.74) is -0.675. The van der Waals surface area contributed by atoms with Gasteiger partial charge in [-0.3, -0.25) is 10.1 Å². The lowest BCUT2D eigenvalue weighted by Crippen LogP contribution is -2.34. The van der Waals surface area contributed by atoms with Crippen LogP contribution in [0.1, 0.15) is 65.7 Å². The third-order valence-corrected chi connectivity index (χ3v) is 2.83. The van der Waals surface area contributed by atoms with E-state index in [2.05, 4.69) is 13.8 Å². The van der Waals surface area contributed by atoms with Crippen molar-refractivity contribution in [1.29, 1.82) is 0 Å². The molecule has 0 spiro atoms. The minimum Gasteiger partial charge on any atom is -0.264 e. The van der Waals surface area contributed by atoms with Gasteiger partial charge in [0.15, 0.2) is 0 Å². The molecule has 3 nitrogen and oxygen atoms in total. The Morgan fingerprint density at radius 1 is 1.07 bits per heavy atom. The first-order valence-electron chi connectivity index (χ1n) is 5.71. The molecule has 0 fully saturated rings. The first-order valence-corrected chi connectivity index (χ1v) is 5.71. The van der Waals surface area contributed by atoms with Crippen LogP contribution in [-0.2, 0) is 0 Å². The van der Waals surface area contributed by atoms with E-state index in [9.17, 15) is 10.1 Å². The molecule has 0 N–H and O–H groups in total. The average molecular weight is 201 g/mol. The van der Waals surface area contributed by atoms with Crippen molar-refractivity contribution in [3.05, 3.63) is 10.1 Å². The van der Waals surface area contributed by atoms with Gasteiger partial charge < -0.3 is 0 Å². The van der Waals surface area contributed by atoms with E-state index in [4.69, 9.17) is 0 Å². The quantitative estimate of drug-likeness (QED) is 0.340. The predicted molar refractivity (Wildman–Crippen MR) is 59.1 cm³/mol. The summed E-state index contributed by atoms with van der Waals surface area (Å²) in [7, 11) is 0. The third kappa shape index (κ3) is 4.58. The molecule has 1 atom stereocenters. The van der Waals surface area contributed by atoms with Crippen LogP contribution in [0.25, 0.3) is 0 Å². The molecule has 14 heavy (non-hydrogen) atoms. The maximum absolute atomic E-state index is 10.9. The summed E-state index contributed by atoms with van der Waals surface area (Å²) in [6.07, 6.45) is 6.67. The van der Waals surface area contributed by atoms with Gasteiger partial charge in [0, 0.05) is 24.7 Å². The van der Waals surface area contributed by atoms with E-state index in [-0.39, 0.29) is 4.92 Å². The van der Waals surface area contributed by atoms with E-state index in [1.54, 1.807) is 6.92 Å². The van der Waals surface area contributed by atoms with Crippen molar-refractivity contribution in [3.8, 4) is 0 Å². The van der Waals surface area contributed by atoms with Crippen molar-refractivity contribution in [2.24, 2.45) is 0 Å². The number of nitrogens with zero attached hydrogens (tertiary/aromatic N) is 1. The molecule has 0 aliphatic rings. The summed E-state index contributed by atoms with van der Waals surface area (Å²) < 4.78 is 0. The molecular formula is C11H23NO2. The van der Waals surface area contributed by atoms with Gasteiger partial charge in [0.05, 0.1) is 0 Å². The highest BCUT2D eigenvalue weighted by molar-refractivity contribution is 4.73. The molecular weight excluding hydrogens is 178 g/mol. The molecule has 0 aromatic heterocycles. The highest BCUT2D eigenvalue weighted by Crippen LogP contribution is 2.24. The van der Waals surface area contributed by atoms with Crippen LogP contribution in [0.15, 0.2) is 0 Å². The van der Waals surface area contributed by atoms with E-state index in [0.29, 0.717) is 0 Å². The van der Waals surface area contributed by atoms with Crippen molar-refractivity contribution in [3.63, 3.8) is 0 Å². The molecule has 3 heteroatoms. The number of hydrogen-bond acceptors (Lipinski definition) is 2. The average Bonchev–Trinajstić information content (AvgIpc) is 2.15. The first-order chi connectivity index (χ1) is 6.56. The van der Waals surface area contributed by atoms with Gasteiger partial charge in [-0.2, -0.15) is 0 Å². The molecule has 1 unspecified atom stereocenters. The summed E-state index contributed by atoms with van der Waals surface area (Å²) in [5.74, 6) is 0. The zero-order valence-corrected chi connectivity index (χ0v) is 9.71. The molecule has 0 aromatic carbocycles. The molecule has 0 saturated heterocycles. The smallest absolute Gasteiger partial charge is 0.219 e. The normalized spacial score (nSPS) is 15.1. The largest absolute Gasteiger partial charge is 0.264 e. The maximum atomic E-state index is 10.9. The zero-order chi connectivity index (χ0) is 11.0. The summed E-state index contributed by atoms with van der Waals surface area (Å²) in [6.45, 7) is 5.99. The van der Waals surface area contributed by atoms with Gasteiger partial charge in [-0.05, 0) is 12.8 Å². The van der Waals surface area contributed by atoms with Gasteiger partial charge >= 0.3 is 0 Å². The van der Waals surface area contributed by atoms with Gasteiger partial charge in [-0.25, -0.2) is 0 Å². The van der Waals surface area contributed by atoms with E-state index in [1.807, 2.05) is 0 Å². The van der Waals surface area contributed by atoms with Gasteiger partial charge in [0.25, 0.3) is 0 Å². The van der Waals surface area contributed by atoms with Crippen LogP contribution in [0.2, 0.25) is 0 Å². The van der Waals surface area contributed by atoms with Gasteiger partial charge in [0.2, 0.25) is 5.54 Å². The molecule has 0 saturated carbocycles. The van der Waals surface area contributed by atoms with E-state index in [0.717, 1.165) is 44.9 Å². The van der Waals surface area contributed by atoms with E-state index < -0.39 is 5.54 Å². The Hall–Kier alpha value is -0.600. The fraction of sp³-hybridized carbons (Fsp3) is 1.00. The second kappa shape index (κ2) is 6.80. The summed E-state index contributed by atoms with van der Waals surface area (Å²) in [4.78, 5) is 10.8. The topological polar surface area (TPSA) is 43.1 Å². The fourth-order valence-electron chi connectivity index (χ4n) is 1.62. The minimum atomic E-state index is -0.675. The van der Waals surface area contributed by atoms with Crippen molar-refractivity contribution in [2.75, 3.05) is 0 Å². The van der Waals surface area contributed by atoms with Gasteiger partial charge in [-0.15, -0.1) is 0 Å². The lowest BCUT2D eigenvalue weighted by atomic mass is 9.89. The SMILES string of the molecule is CCCCCC(C)(CCCC)[N+](=O)[O-]. The van der Waals surface area contributed by atoms with Crippen molar-refractivity contribution >= 4 is 0 Å². The minimum absolute atomic E-state index is 0.0850. The number of hydrogen-bond donors (Lipinski definition) is 0. The molecule has 0 aliphatic heterocycles. The number of unbranched alkanes of at least 4 members (excludes halogenated alkanes) is 3. The van der Waals surface area contributed by atoms with Gasteiger partial charge in [0.1, 0.15) is 0 Å². The Morgan fingerprint density at radius 2 is 1.57 bits per heavy atom. The van der Waals surface area contributed by atoms with Crippen LogP contribution in [0.3, 0.4) is 0 Å². The molecule has 0 radical (unpaired) electrons. The standard InChI is InChI=1S/C11H23NO2/c1-4-6-8-10-11(3,12(13)14)9-7-5-2/h4-10H2,1-3H3. The molecule has 0 aliphatic carbocycles. The Bertz CT molecular complexity index is 171. The maximum Gasteiger partial charge on any atom is 0.219 e.